The Balaban J connectivity index is 0.000000204. The van der Waals surface area contributed by atoms with Crippen molar-refractivity contribution in [3.05, 3.63) is 137 Å². The van der Waals surface area contributed by atoms with Crippen molar-refractivity contribution in [2.45, 2.75) is 71.4 Å². The smallest absolute Gasteiger partial charge is 0.307 e. The number of nitrogens with zero attached hydrogens (tertiary/aromatic N) is 4. The lowest BCUT2D eigenvalue weighted by atomic mass is 9.89. The standard InChI is InChI=1S/C21H21F3N2O.C19H13F3N2OS/c1-14-6-5-9-16(10-14)19-11-18(21(22,23)24)17(12-25)20(27)26(19)13-15-7-3-2-4-8-15;1-12-4-2-5-13(8-12)17-9-16(19(20,21)22)15(10-23)18(25)24(17)11-14-6-3-7-26-14/h5-6,9-11,15H,2-4,7-8,13H2,1H3;2-9H,11H2,1H3. The molecule has 274 valence electrons. The molecule has 3 aromatic heterocycles. The van der Waals surface area contributed by atoms with E-state index in [1.807, 2.05) is 31.4 Å². The number of nitriles is 2. The van der Waals surface area contributed by atoms with Crippen LogP contribution in [0.15, 0.2) is 87.8 Å². The molecule has 53 heavy (non-hydrogen) atoms. The third-order valence-electron chi connectivity index (χ3n) is 9.12. The van der Waals surface area contributed by atoms with E-state index in [-0.39, 0.29) is 23.9 Å². The first kappa shape index (κ1) is 38.8. The number of halogens is 6. The van der Waals surface area contributed by atoms with E-state index in [4.69, 9.17) is 5.26 Å². The van der Waals surface area contributed by atoms with E-state index in [1.54, 1.807) is 48.5 Å². The Morgan fingerprint density at radius 1 is 0.698 bits per heavy atom. The topological polar surface area (TPSA) is 91.6 Å². The molecule has 1 saturated carbocycles. The van der Waals surface area contributed by atoms with E-state index in [2.05, 4.69) is 0 Å². The Hall–Kier alpha value is -5.40. The molecule has 0 amide bonds. The van der Waals surface area contributed by atoms with Crippen molar-refractivity contribution in [3.8, 4) is 34.7 Å². The molecule has 0 aliphatic heterocycles. The molecule has 0 radical (unpaired) electrons. The second kappa shape index (κ2) is 16.1. The zero-order valence-corrected chi connectivity index (χ0v) is 29.6. The molecule has 1 aliphatic carbocycles. The summed E-state index contributed by atoms with van der Waals surface area (Å²) in [5, 5.41) is 20.2. The first-order chi connectivity index (χ1) is 25.1. The lowest BCUT2D eigenvalue weighted by Gasteiger charge is -2.25. The van der Waals surface area contributed by atoms with E-state index in [1.165, 1.54) is 32.6 Å². The summed E-state index contributed by atoms with van der Waals surface area (Å²) >= 11 is 1.39. The molecule has 2 aromatic carbocycles. The Labute approximate surface area is 305 Å². The highest BCUT2D eigenvalue weighted by molar-refractivity contribution is 7.09. The van der Waals surface area contributed by atoms with Gasteiger partial charge in [0.1, 0.15) is 23.3 Å². The van der Waals surface area contributed by atoms with Gasteiger partial charge in [-0.3, -0.25) is 9.59 Å². The molecular weight excluding hydrogens is 715 g/mol. The number of aryl methyl sites for hydroxylation is 2. The van der Waals surface area contributed by atoms with Crippen LogP contribution in [0.2, 0.25) is 0 Å². The second-order valence-electron chi connectivity index (χ2n) is 13.0. The van der Waals surface area contributed by atoms with Gasteiger partial charge in [-0.15, -0.1) is 11.3 Å². The number of alkyl halides is 6. The fourth-order valence-electron chi connectivity index (χ4n) is 6.57. The van der Waals surface area contributed by atoms with Gasteiger partial charge in [0.15, 0.2) is 0 Å². The van der Waals surface area contributed by atoms with E-state index < -0.39 is 45.7 Å². The summed E-state index contributed by atoms with van der Waals surface area (Å²) in [7, 11) is 0. The molecule has 13 heteroatoms. The molecule has 5 aromatic rings. The maximum Gasteiger partial charge on any atom is 0.417 e. The van der Waals surface area contributed by atoms with Crippen LogP contribution in [-0.2, 0) is 25.4 Å². The van der Waals surface area contributed by atoms with E-state index in [0.29, 0.717) is 17.7 Å². The molecule has 0 unspecified atom stereocenters. The van der Waals surface area contributed by atoms with Crippen molar-refractivity contribution in [2.75, 3.05) is 0 Å². The molecular formula is C40H34F6N4O2S. The van der Waals surface area contributed by atoms with Crippen LogP contribution < -0.4 is 11.1 Å². The minimum atomic E-state index is -4.79. The van der Waals surface area contributed by atoms with Crippen LogP contribution in [0.5, 0.6) is 0 Å². The molecule has 0 atom stereocenters. The van der Waals surface area contributed by atoms with Crippen molar-refractivity contribution in [3.63, 3.8) is 0 Å². The maximum absolute atomic E-state index is 13.5. The fourth-order valence-corrected chi connectivity index (χ4v) is 7.26. The van der Waals surface area contributed by atoms with Gasteiger partial charge in [0, 0.05) is 11.4 Å². The van der Waals surface area contributed by atoms with Crippen LogP contribution in [0.25, 0.3) is 22.5 Å². The molecule has 1 fully saturated rings. The summed E-state index contributed by atoms with van der Waals surface area (Å²) in [6, 6.07) is 22.3. The highest BCUT2D eigenvalue weighted by Crippen LogP contribution is 2.36. The maximum atomic E-state index is 13.5. The molecule has 6 nitrogen and oxygen atoms in total. The van der Waals surface area contributed by atoms with Crippen LogP contribution in [0.1, 0.15) is 70.4 Å². The number of aromatic nitrogens is 2. The highest BCUT2D eigenvalue weighted by Gasteiger charge is 2.38. The van der Waals surface area contributed by atoms with Crippen LogP contribution in [0.4, 0.5) is 26.3 Å². The van der Waals surface area contributed by atoms with Gasteiger partial charge in [-0.05, 0) is 79.4 Å². The molecule has 0 saturated heterocycles. The molecule has 0 N–H and O–H groups in total. The van der Waals surface area contributed by atoms with Crippen molar-refractivity contribution in [1.82, 2.24) is 9.13 Å². The Kier molecular flexibility index (Phi) is 11.8. The van der Waals surface area contributed by atoms with Crippen LogP contribution >= 0.6 is 11.3 Å². The Morgan fingerprint density at radius 3 is 1.62 bits per heavy atom. The number of benzene rings is 2. The van der Waals surface area contributed by atoms with Gasteiger partial charge >= 0.3 is 12.4 Å². The van der Waals surface area contributed by atoms with Crippen LogP contribution in [0.3, 0.4) is 0 Å². The normalized spacial score (nSPS) is 13.5. The lowest BCUT2D eigenvalue weighted by molar-refractivity contribution is -0.138. The number of pyridine rings is 2. The molecule has 3 heterocycles. The van der Waals surface area contributed by atoms with Crippen molar-refractivity contribution in [1.29, 1.82) is 10.5 Å². The predicted molar refractivity (Wildman–Crippen MR) is 191 cm³/mol. The average Bonchev–Trinajstić information content (AvgIpc) is 3.63. The van der Waals surface area contributed by atoms with Crippen molar-refractivity contribution in [2.24, 2.45) is 5.92 Å². The summed E-state index contributed by atoms with van der Waals surface area (Å²) in [5.41, 5.74) is -2.71. The summed E-state index contributed by atoms with van der Waals surface area (Å²) in [6.07, 6.45) is -4.38. The zero-order chi connectivity index (χ0) is 38.5. The number of thiophene rings is 1. The lowest BCUT2D eigenvalue weighted by Crippen LogP contribution is -2.31. The Bertz CT molecular complexity index is 2300. The Morgan fingerprint density at radius 2 is 1.19 bits per heavy atom. The van der Waals surface area contributed by atoms with Gasteiger partial charge in [0.05, 0.1) is 29.1 Å². The first-order valence-corrected chi connectivity index (χ1v) is 17.7. The number of hydrogen-bond donors (Lipinski definition) is 0. The zero-order valence-electron chi connectivity index (χ0n) is 28.8. The quantitative estimate of drug-likeness (QED) is 0.162. The monoisotopic (exact) mass is 748 g/mol. The summed E-state index contributed by atoms with van der Waals surface area (Å²) < 4.78 is 83.3. The third-order valence-corrected chi connectivity index (χ3v) is 9.98. The van der Waals surface area contributed by atoms with Gasteiger partial charge < -0.3 is 9.13 Å². The summed E-state index contributed by atoms with van der Waals surface area (Å²) in [4.78, 5) is 26.4. The van der Waals surface area contributed by atoms with Gasteiger partial charge in [-0.2, -0.15) is 36.9 Å². The minimum absolute atomic E-state index is 0.104. The van der Waals surface area contributed by atoms with Crippen LogP contribution in [0, 0.1) is 42.4 Å². The molecule has 6 rings (SSSR count). The summed E-state index contributed by atoms with van der Waals surface area (Å²) in [6.45, 7) is 4.11. The average molecular weight is 749 g/mol. The van der Waals surface area contributed by atoms with E-state index in [0.717, 1.165) is 60.2 Å². The summed E-state index contributed by atoms with van der Waals surface area (Å²) in [5.74, 6) is 0.239. The highest BCUT2D eigenvalue weighted by atomic mass is 32.1. The van der Waals surface area contributed by atoms with Gasteiger partial charge in [0.2, 0.25) is 0 Å². The molecule has 0 bridgehead atoms. The molecule has 1 aliphatic rings. The van der Waals surface area contributed by atoms with Crippen molar-refractivity contribution < 1.29 is 26.3 Å². The first-order valence-electron chi connectivity index (χ1n) is 16.8. The number of hydrogen-bond acceptors (Lipinski definition) is 5. The van der Waals surface area contributed by atoms with E-state index >= 15 is 0 Å². The number of rotatable bonds is 6. The largest absolute Gasteiger partial charge is 0.417 e. The third kappa shape index (κ3) is 8.98. The van der Waals surface area contributed by atoms with Gasteiger partial charge in [0.25, 0.3) is 11.1 Å². The molecule has 0 spiro atoms. The SMILES string of the molecule is Cc1cccc(-c2cc(C(F)(F)F)c(C#N)c(=O)n2CC2CCCCC2)c1.Cc1cccc(-c2cc(C(F)(F)F)c(C#N)c(=O)n2Cc2cccs2)c1. The van der Waals surface area contributed by atoms with Crippen LogP contribution in [-0.4, -0.2) is 9.13 Å². The predicted octanol–water partition coefficient (Wildman–Crippen LogP) is 10.1. The minimum Gasteiger partial charge on any atom is -0.307 e. The fraction of sp³-hybridized carbons (Fsp3) is 0.300. The van der Waals surface area contributed by atoms with Gasteiger partial charge in [-0.25, -0.2) is 0 Å². The second-order valence-corrected chi connectivity index (χ2v) is 14.0. The van der Waals surface area contributed by atoms with Crippen molar-refractivity contribution >= 4 is 11.3 Å². The van der Waals surface area contributed by atoms with E-state index in [9.17, 15) is 41.2 Å². The van der Waals surface area contributed by atoms with Gasteiger partial charge in [-0.1, -0.05) is 72.9 Å².